The van der Waals surface area contributed by atoms with E-state index >= 15 is 0 Å². The number of carbonyl (C=O) groups is 2. The van der Waals surface area contributed by atoms with Gasteiger partial charge in [-0.15, -0.1) is 0 Å². The number of esters is 2. The number of fused-ring (bicyclic) bond motifs is 10. The molecular formula is C20H26FeO6. The van der Waals surface area contributed by atoms with Crippen molar-refractivity contribution >= 4 is 11.9 Å². The van der Waals surface area contributed by atoms with Gasteiger partial charge in [-0.25, -0.2) is 0 Å². The van der Waals surface area contributed by atoms with E-state index < -0.39 is 6.51 Å². The summed E-state index contributed by atoms with van der Waals surface area (Å²) in [4.78, 5) is 31.1. The van der Waals surface area contributed by atoms with Crippen molar-refractivity contribution in [3.63, 3.8) is 0 Å². The second kappa shape index (κ2) is 1.50. The summed E-state index contributed by atoms with van der Waals surface area (Å²) < 4.78 is 22.7. The van der Waals surface area contributed by atoms with Crippen LogP contribution in [0.25, 0.3) is 0 Å². The van der Waals surface area contributed by atoms with Crippen LogP contribution in [-0.4, -0.2) is 52.6 Å². The van der Waals surface area contributed by atoms with Crippen molar-refractivity contribution in [2.24, 2.45) is 0 Å². The molecule has 1 spiro atoms. The molecule has 10 aliphatic heterocycles. The van der Waals surface area contributed by atoms with Gasteiger partial charge in [0, 0.05) is 0 Å². The van der Waals surface area contributed by atoms with E-state index in [-0.39, 0.29) is 29.2 Å². The Morgan fingerprint density at radius 2 is 1.19 bits per heavy atom. The van der Waals surface area contributed by atoms with E-state index in [1.54, 1.807) is 14.2 Å². The number of rotatable bonds is 8. The summed E-state index contributed by atoms with van der Waals surface area (Å²) in [6, 6.07) is 0. The molecule has 150 valence electrons. The maximum atomic E-state index is 13.7. The van der Waals surface area contributed by atoms with E-state index in [1.807, 2.05) is 13.8 Å². The van der Waals surface area contributed by atoms with Crippen molar-refractivity contribution in [1.29, 1.82) is 0 Å². The van der Waals surface area contributed by atoms with Crippen molar-refractivity contribution < 1.29 is 35.0 Å². The Morgan fingerprint density at radius 1 is 0.778 bits per heavy atom. The standard InChI is InChI=1S/2C10H13O3.Fe/c2*1-3-13-10(11)9-6-4-5-8(9)7-12-2;/h2*4-6H,3,7H2,1-2H3;. The molecule has 0 aromatic heterocycles. The summed E-state index contributed by atoms with van der Waals surface area (Å²) in [7, 11) is 3.54. The Hall–Kier alpha value is -0.621. The van der Waals surface area contributed by atoms with E-state index in [1.165, 1.54) is 0 Å². The van der Waals surface area contributed by atoms with Gasteiger partial charge >= 0.3 is 148 Å². The Kier molecular flexibility index (Phi) is 0.753. The van der Waals surface area contributed by atoms with Gasteiger partial charge < -0.3 is 0 Å². The number of methoxy groups -OCH3 is 2. The van der Waals surface area contributed by atoms with Gasteiger partial charge in [0.2, 0.25) is 0 Å². The predicted octanol–water partition coefficient (Wildman–Crippen LogP) is 3.28. The minimum atomic E-state index is -4.73. The molecule has 10 heterocycles. The molecule has 27 heavy (non-hydrogen) atoms. The number of hydrogen-bond donors (Lipinski definition) is 0. The molecule has 10 unspecified atom stereocenters. The van der Waals surface area contributed by atoms with Gasteiger partial charge in [-0.1, -0.05) is 0 Å². The average Bonchev–Trinajstić information content (AvgIpc) is 3.58. The van der Waals surface area contributed by atoms with E-state index in [0.717, 1.165) is 0 Å². The molecular weight excluding hydrogens is 392 g/mol. The van der Waals surface area contributed by atoms with Crippen LogP contribution in [0.1, 0.15) is 13.8 Å². The fourth-order valence-corrected chi connectivity index (χ4v) is 100. The molecule has 0 amide bonds. The van der Waals surface area contributed by atoms with Crippen molar-refractivity contribution in [2.45, 2.75) is 60.0 Å². The fourth-order valence-electron chi connectivity index (χ4n) is 21.0. The molecule has 10 saturated heterocycles. The summed E-state index contributed by atoms with van der Waals surface area (Å²) in [6.07, 6.45) is 0. The first-order valence-electron chi connectivity index (χ1n) is 10.3. The second-order valence-electron chi connectivity index (χ2n) is 12.5. The van der Waals surface area contributed by atoms with Crippen LogP contribution in [0.15, 0.2) is 0 Å². The molecule has 0 aromatic carbocycles. The number of carbonyl (C=O) groups excluding carboxylic acids is 2. The average molecular weight is 418 g/mol. The Morgan fingerprint density at radius 3 is 1.48 bits per heavy atom. The summed E-state index contributed by atoms with van der Waals surface area (Å²) >= 11 is 0. The molecule has 0 aliphatic carbocycles. The Labute approximate surface area is 147 Å². The summed E-state index contributed by atoms with van der Waals surface area (Å²) in [5, 5.41) is 0. The third-order valence-corrected chi connectivity index (χ3v) is 62.2. The molecule has 10 aliphatic rings. The van der Waals surface area contributed by atoms with Crippen LogP contribution in [0.3, 0.4) is 0 Å². The zero-order valence-corrected chi connectivity index (χ0v) is 17.2. The fraction of sp³-hybridized carbons (Fsp3) is 0.900. The van der Waals surface area contributed by atoms with Crippen LogP contribution in [0.5, 0.6) is 0 Å². The van der Waals surface area contributed by atoms with Gasteiger partial charge in [0.05, 0.1) is 0 Å². The summed E-state index contributed by atoms with van der Waals surface area (Å²) in [5.41, 5.74) is 0. The molecule has 0 saturated carbocycles. The molecule has 0 N–H and O–H groups in total. The van der Waals surface area contributed by atoms with Crippen molar-refractivity contribution in [3.8, 4) is 0 Å². The van der Waals surface area contributed by atoms with E-state index in [9.17, 15) is 9.59 Å². The third kappa shape index (κ3) is 0.178. The van der Waals surface area contributed by atoms with Gasteiger partial charge in [-0.2, -0.15) is 0 Å². The van der Waals surface area contributed by atoms with E-state index in [2.05, 4.69) is 0 Å². The van der Waals surface area contributed by atoms with Crippen molar-refractivity contribution in [3.05, 3.63) is 0 Å². The van der Waals surface area contributed by atoms with Crippen LogP contribution < -0.4 is 0 Å². The Balaban J connectivity index is 1.41. The van der Waals surface area contributed by atoms with Crippen molar-refractivity contribution in [1.82, 2.24) is 0 Å². The summed E-state index contributed by atoms with van der Waals surface area (Å²) in [6.45, 7) is 1.22. The monoisotopic (exact) mass is 418 g/mol. The van der Waals surface area contributed by atoms with Gasteiger partial charge in [-0.05, 0) is 0 Å². The quantitative estimate of drug-likeness (QED) is 0.445. The molecule has 0 bridgehead atoms. The third-order valence-electron chi connectivity index (χ3n) is 17.7. The van der Waals surface area contributed by atoms with Crippen LogP contribution in [0, 0.1) is 0 Å². The number of ether oxygens (including phenoxy) is 4. The minimum absolute atomic E-state index is 0.0109. The molecule has 0 radical (unpaired) electrons. The van der Waals surface area contributed by atoms with Gasteiger partial charge in [0.25, 0.3) is 0 Å². The number of hydrogen-bond acceptors (Lipinski definition) is 6. The first-order chi connectivity index (χ1) is 12.8. The molecule has 10 atom stereocenters. The molecule has 7 heteroatoms. The first kappa shape index (κ1) is 13.6. The van der Waals surface area contributed by atoms with Crippen molar-refractivity contribution in [2.75, 3.05) is 40.6 Å². The van der Waals surface area contributed by atoms with E-state index in [0.29, 0.717) is 55.3 Å². The van der Waals surface area contributed by atoms with Crippen LogP contribution in [0.2, 0.25) is 46.2 Å². The first-order valence-corrected chi connectivity index (χ1v) is 16.4. The SMILES string of the molecule is CCOC(=O)[C]12[CH]3[CH]4[CH]5[C]1(COC)[Fe]45321678[CH]2[CH]1[C]6(COC)[C]7(C(=O)OCC)[CH]28. The second-order valence-corrected chi connectivity index (χ2v) is 35.3. The molecule has 6 nitrogen and oxygen atoms in total. The summed E-state index contributed by atoms with van der Waals surface area (Å²) in [5.74, 6) is 0.0883. The van der Waals surface area contributed by atoms with Crippen LogP contribution in [0.4, 0.5) is 0 Å². The van der Waals surface area contributed by atoms with Gasteiger partial charge in [0.1, 0.15) is 0 Å². The normalized spacial score (nSPS) is 87.3. The van der Waals surface area contributed by atoms with Gasteiger partial charge in [0.15, 0.2) is 0 Å². The Bertz CT molecular complexity index is 1320. The van der Waals surface area contributed by atoms with E-state index in [4.69, 9.17) is 18.9 Å². The zero-order valence-electron chi connectivity index (χ0n) is 16.1. The van der Waals surface area contributed by atoms with Crippen LogP contribution >= 0.6 is 0 Å². The molecule has 0 aromatic rings. The topological polar surface area (TPSA) is 71.1 Å². The zero-order chi connectivity index (χ0) is 18.6. The molecule has 10 fully saturated rings. The van der Waals surface area contributed by atoms with Crippen LogP contribution in [-0.2, 0) is 35.0 Å². The molecule has 10 rings (SSSR count). The maximum absolute atomic E-state index is 13.7. The predicted molar refractivity (Wildman–Crippen MR) is 90.3 cm³/mol. The van der Waals surface area contributed by atoms with Gasteiger partial charge in [-0.3, -0.25) is 0 Å².